The average Bonchev–Trinajstić information content (AvgIpc) is 2.60. The van der Waals surface area contributed by atoms with Gasteiger partial charge >= 0.3 is 0 Å². The van der Waals surface area contributed by atoms with Gasteiger partial charge in [-0.1, -0.05) is 31.2 Å². The minimum atomic E-state index is -3.73. The molecule has 1 atom stereocenters. The maximum atomic E-state index is 12.9. The fourth-order valence-electron chi connectivity index (χ4n) is 2.81. The van der Waals surface area contributed by atoms with Gasteiger partial charge in [-0.2, -0.15) is 0 Å². The van der Waals surface area contributed by atoms with Gasteiger partial charge in [-0.15, -0.1) is 0 Å². The number of para-hydroxylation sites is 1. The molecule has 0 spiro atoms. The molecule has 0 fully saturated rings. The molecule has 0 bridgehead atoms. The lowest BCUT2D eigenvalue weighted by molar-refractivity contribution is -0.385. The molecule has 0 saturated carbocycles. The second-order valence-electron chi connectivity index (χ2n) is 6.01. The molecule has 0 radical (unpaired) electrons. The highest BCUT2D eigenvalue weighted by Gasteiger charge is 2.32. The molecule has 144 valence electrons. The Labute approximate surface area is 158 Å². The molecule has 2 rings (SSSR count). The molecule has 0 aliphatic rings. The number of rotatable bonds is 7. The molecule has 1 N–H and O–H groups in total. The van der Waals surface area contributed by atoms with E-state index in [9.17, 15) is 23.3 Å². The molecule has 8 nitrogen and oxygen atoms in total. The van der Waals surface area contributed by atoms with Gasteiger partial charge in [-0.25, -0.2) is 8.42 Å². The number of nitrogens with zero attached hydrogens (tertiary/aromatic N) is 2. The van der Waals surface area contributed by atoms with Crippen LogP contribution in [-0.2, 0) is 14.8 Å². The summed E-state index contributed by atoms with van der Waals surface area (Å²) < 4.78 is 25.8. The van der Waals surface area contributed by atoms with E-state index >= 15 is 0 Å². The first-order valence-electron chi connectivity index (χ1n) is 8.26. The monoisotopic (exact) mass is 391 g/mol. The van der Waals surface area contributed by atoms with E-state index in [1.807, 2.05) is 0 Å². The summed E-state index contributed by atoms with van der Waals surface area (Å²) in [6.07, 6.45) is 1.26. The van der Waals surface area contributed by atoms with Gasteiger partial charge in [0.1, 0.15) is 6.04 Å². The van der Waals surface area contributed by atoms with Gasteiger partial charge in [0.2, 0.25) is 15.9 Å². The first-order chi connectivity index (χ1) is 12.7. The number of anilines is 2. The second-order valence-corrected chi connectivity index (χ2v) is 7.87. The molecule has 9 heteroatoms. The Bertz CT molecular complexity index is 945. The van der Waals surface area contributed by atoms with Crippen molar-refractivity contribution >= 4 is 33.0 Å². The third kappa shape index (κ3) is 4.62. The zero-order valence-corrected chi connectivity index (χ0v) is 16.1. The molecule has 1 amide bonds. The van der Waals surface area contributed by atoms with Gasteiger partial charge in [0.25, 0.3) is 5.69 Å². The van der Waals surface area contributed by atoms with E-state index in [2.05, 4.69) is 5.32 Å². The Morgan fingerprint density at radius 1 is 1.19 bits per heavy atom. The molecule has 0 heterocycles. The second kappa shape index (κ2) is 8.17. The lowest BCUT2D eigenvalue weighted by Crippen LogP contribution is -2.47. The number of carbonyl (C=O) groups excluding carboxylic acids is 1. The Morgan fingerprint density at radius 2 is 1.81 bits per heavy atom. The van der Waals surface area contributed by atoms with Crippen molar-refractivity contribution in [3.05, 3.63) is 64.2 Å². The van der Waals surface area contributed by atoms with Crippen LogP contribution in [0.1, 0.15) is 18.9 Å². The van der Waals surface area contributed by atoms with Crippen LogP contribution in [-0.4, -0.2) is 31.5 Å². The lowest BCUT2D eigenvalue weighted by atomic mass is 10.1. The van der Waals surface area contributed by atoms with Crippen molar-refractivity contribution < 1.29 is 18.1 Å². The Kier molecular flexibility index (Phi) is 6.17. The van der Waals surface area contributed by atoms with Crippen LogP contribution in [0.4, 0.5) is 17.1 Å². The van der Waals surface area contributed by atoms with E-state index in [1.54, 1.807) is 43.3 Å². The minimum absolute atomic E-state index is 0.121. The highest BCUT2D eigenvalue weighted by molar-refractivity contribution is 7.92. The van der Waals surface area contributed by atoms with Crippen molar-refractivity contribution in [1.82, 2.24) is 0 Å². The summed E-state index contributed by atoms with van der Waals surface area (Å²) in [5.41, 5.74) is 0.826. The number of benzene rings is 2. The van der Waals surface area contributed by atoms with Crippen molar-refractivity contribution in [2.24, 2.45) is 0 Å². The average molecular weight is 391 g/mol. The molecule has 0 aromatic heterocycles. The van der Waals surface area contributed by atoms with E-state index < -0.39 is 26.9 Å². The van der Waals surface area contributed by atoms with Crippen LogP contribution >= 0.6 is 0 Å². The van der Waals surface area contributed by atoms with Gasteiger partial charge in [0, 0.05) is 6.07 Å². The fraction of sp³-hybridized carbons (Fsp3) is 0.278. The number of amides is 1. The number of hydrogen-bond acceptors (Lipinski definition) is 5. The number of hydrogen-bond donors (Lipinski definition) is 1. The summed E-state index contributed by atoms with van der Waals surface area (Å²) in [5, 5.41) is 13.7. The van der Waals surface area contributed by atoms with Crippen molar-refractivity contribution in [3.8, 4) is 0 Å². The largest absolute Gasteiger partial charge is 0.324 e. The van der Waals surface area contributed by atoms with Crippen LogP contribution in [0.2, 0.25) is 0 Å². The predicted octanol–water partition coefficient (Wildman–Crippen LogP) is 3.09. The SMILES string of the molecule is CCC(C(=O)Nc1cccc([N+](=O)[O-])c1C)N(c1ccccc1)S(C)(=O)=O. The van der Waals surface area contributed by atoms with Gasteiger partial charge in [0.15, 0.2) is 0 Å². The molecular formula is C18H21N3O5S. The molecule has 2 aromatic rings. The van der Waals surface area contributed by atoms with Gasteiger partial charge < -0.3 is 5.32 Å². The number of nitro benzene ring substituents is 1. The zero-order chi connectivity index (χ0) is 20.2. The number of nitrogens with one attached hydrogen (secondary N) is 1. The van der Waals surface area contributed by atoms with Crippen LogP contribution in [0, 0.1) is 17.0 Å². The topological polar surface area (TPSA) is 110 Å². The smallest absolute Gasteiger partial charge is 0.274 e. The molecule has 0 aliphatic heterocycles. The third-order valence-electron chi connectivity index (χ3n) is 4.10. The first-order valence-corrected chi connectivity index (χ1v) is 10.1. The van der Waals surface area contributed by atoms with Crippen molar-refractivity contribution in [2.75, 3.05) is 15.9 Å². The number of carbonyl (C=O) groups is 1. The molecule has 27 heavy (non-hydrogen) atoms. The van der Waals surface area contributed by atoms with Gasteiger partial charge in [-0.05, 0) is 31.5 Å². The van der Waals surface area contributed by atoms with Crippen LogP contribution in [0.25, 0.3) is 0 Å². The standard InChI is InChI=1S/C18H21N3O5S/c1-4-16(20(27(3,25)26)14-9-6-5-7-10-14)18(22)19-15-11-8-12-17(13(15)2)21(23)24/h5-12,16H,4H2,1-3H3,(H,19,22). The van der Waals surface area contributed by atoms with E-state index in [0.717, 1.165) is 10.6 Å². The van der Waals surface area contributed by atoms with Crippen molar-refractivity contribution in [2.45, 2.75) is 26.3 Å². The van der Waals surface area contributed by atoms with Crippen LogP contribution in [0.15, 0.2) is 48.5 Å². The molecular weight excluding hydrogens is 370 g/mol. The normalized spacial score (nSPS) is 12.3. The van der Waals surface area contributed by atoms with Crippen LogP contribution in [0.5, 0.6) is 0 Å². The summed E-state index contributed by atoms with van der Waals surface area (Å²) in [6, 6.07) is 11.7. The van der Waals surface area contributed by atoms with Crippen LogP contribution < -0.4 is 9.62 Å². The molecule has 1 unspecified atom stereocenters. The quantitative estimate of drug-likeness (QED) is 0.576. The maximum Gasteiger partial charge on any atom is 0.274 e. The summed E-state index contributed by atoms with van der Waals surface area (Å²) in [5.74, 6) is -0.560. The predicted molar refractivity (Wildman–Crippen MR) is 104 cm³/mol. The molecule has 0 aliphatic carbocycles. The van der Waals surface area contributed by atoms with E-state index in [-0.39, 0.29) is 17.8 Å². The van der Waals surface area contributed by atoms with E-state index in [1.165, 1.54) is 19.1 Å². The lowest BCUT2D eigenvalue weighted by Gasteiger charge is -2.30. The molecule has 2 aromatic carbocycles. The third-order valence-corrected chi connectivity index (χ3v) is 5.28. The number of nitro groups is 1. The minimum Gasteiger partial charge on any atom is -0.324 e. The van der Waals surface area contributed by atoms with Gasteiger partial charge in [-0.3, -0.25) is 19.2 Å². The number of sulfonamides is 1. The fourth-order valence-corrected chi connectivity index (χ4v) is 4.02. The summed E-state index contributed by atoms with van der Waals surface area (Å²) in [7, 11) is -3.73. The van der Waals surface area contributed by atoms with Crippen LogP contribution in [0.3, 0.4) is 0 Å². The first kappa shape index (κ1) is 20.4. The zero-order valence-electron chi connectivity index (χ0n) is 15.2. The summed E-state index contributed by atoms with van der Waals surface area (Å²) >= 11 is 0. The van der Waals surface area contributed by atoms with E-state index in [4.69, 9.17) is 0 Å². The van der Waals surface area contributed by atoms with Crippen molar-refractivity contribution in [1.29, 1.82) is 0 Å². The Morgan fingerprint density at radius 3 is 2.33 bits per heavy atom. The highest BCUT2D eigenvalue weighted by Crippen LogP contribution is 2.27. The highest BCUT2D eigenvalue weighted by atomic mass is 32.2. The Balaban J connectivity index is 2.40. The summed E-state index contributed by atoms with van der Waals surface area (Å²) in [4.78, 5) is 23.4. The maximum absolute atomic E-state index is 12.9. The van der Waals surface area contributed by atoms with Crippen molar-refractivity contribution in [3.63, 3.8) is 0 Å². The molecule has 0 saturated heterocycles. The van der Waals surface area contributed by atoms with E-state index in [0.29, 0.717) is 11.3 Å². The Hall–Kier alpha value is -2.94. The summed E-state index contributed by atoms with van der Waals surface area (Å²) in [6.45, 7) is 3.23. The van der Waals surface area contributed by atoms with Gasteiger partial charge in [0.05, 0.1) is 28.1 Å².